The zero-order valence-corrected chi connectivity index (χ0v) is 14.9. The smallest absolute Gasteiger partial charge is 0.315 e. The number of aromatic nitrogens is 1. The Morgan fingerprint density at radius 2 is 2.04 bits per heavy atom. The number of hydrogen-bond acceptors (Lipinski definition) is 4. The van der Waals surface area contributed by atoms with Gasteiger partial charge in [-0.2, -0.15) is 0 Å². The lowest BCUT2D eigenvalue weighted by molar-refractivity contribution is 0.235. The van der Waals surface area contributed by atoms with Crippen molar-refractivity contribution in [1.29, 1.82) is 0 Å². The zero-order chi connectivity index (χ0) is 17.1. The number of pyridine rings is 1. The van der Waals surface area contributed by atoms with E-state index in [4.69, 9.17) is 0 Å². The van der Waals surface area contributed by atoms with Crippen LogP contribution in [0.2, 0.25) is 0 Å². The number of nitrogens with zero attached hydrogens (tertiary/aromatic N) is 3. The number of urea groups is 1. The van der Waals surface area contributed by atoms with Crippen LogP contribution in [0.15, 0.2) is 18.3 Å². The molecule has 3 aliphatic rings. The number of carbonyl (C=O) groups excluding carboxylic acids is 1. The molecule has 1 saturated carbocycles. The molecule has 1 aromatic rings. The minimum atomic E-state index is -0.0576. The maximum atomic E-state index is 12.2. The van der Waals surface area contributed by atoms with E-state index in [9.17, 15) is 4.79 Å². The van der Waals surface area contributed by atoms with Crippen LogP contribution >= 0.6 is 0 Å². The molecule has 1 atom stereocenters. The summed E-state index contributed by atoms with van der Waals surface area (Å²) in [6, 6.07) is 4.31. The van der Waals surface area contributed by atoms with E-state index in [-0.39, 0.29) is 12.1 Å². The van der Waals surface area contributed by atoms with Crippen LogP contribution in [0.1, 0.15) is 37.7 Å². The number of hydrogen-bond donors (Lipinski definition) is 2. The van der Waals surface area contributed by atoms with E-state index < -0.39 is 0 Å². The molecule has 3 heterocycles. The molecule has 2 amide bonds. The number of anilines is 1. The summed E-state index contributed by atoms with van der Waals surface area (Å²) in [4.78, 5) is 21.5. The van der Waals surface area contributed by atoms with Gasteiger partial charge in [-0.05, 0) is 55.7 Å². The topological polar surface area (TPSA) is 60.5 Å². The van der Waals surface area contributed by atoms with Crippen molar-refractivity contribution in [2.45, 2.75) is 44.7 Å². The number of carbonyl (C=O) groups is 1. The molecule has 136 valence electrons. The minimum Gasteiger partial charge on any atom is -0.357 e. The molecule has 4 rings (SSSR count). The van der Waals surface area contributed by atoms with Crippen molar-refractivity contribution in [3.63, 3.8) is 0 Å². The van der Waals surface area contributed by atoms with Crippen molar-refractivity contribution in [1.82, 2.24) is 20.5 Å². The van der Waals surface area contributed by atoms with Gasteiger partial charge in [-0.1, -0.05) is 0 Å². The summed E-state index contributed by atoms with van der Waals surface area (Å²) in [5, 5.41) is 6.12. The fraction of sp³-hybridized carbons (Fsp3) is 0.684. The Morgan fingerprint density at radius 1 is 1.20 bits per heavy atom. The number of likely N-dealkylation sites (tertiary alicyclic amines) is 1. The van der Waals surface area contributed by atoms with Crippen molar-refractivity contribution < 1.29 is 4.79 Å². The van der Waals surface area contributed by atoms with E-state index in [1.54, 1.807) is 0 Å². The lowest BCUT2D eigenvalue weighted by Gasteiger charge is -2.18. The maximum Gasteiger partial charge on any atom is 0.315 e. The minimum absolute atomic E-state index is 0.0576. The highest BCUT2D eigenvalue weighted by Crippen LogP contribution is 2.30. The van der Waals surface area contributed by atoms with Gasteiger partial charge in [0.05, 0.1) is 0 Å². The molecule has 2 saturated heterocycles. The fourth-order valence-corrected chi connectivity index (χ4v) is 3.89. The van der Waals surface area contributed by atoms with Gasteiger partial charge in [0, 0.05) is 51.5 Å². The molecule has 2 N–H and O–H groups in total. The zero-order valence-electron chi connectivity index (χ0n) is 14.9. The molecule has 0 radical (unpaired) electrons. The highest BCUT2D eigenvalue weighted by Gasteiger charge is 2.29. The summed E-state index contributed by atoms with van der Waals surface area (Å²) in [6.45, 7) is 6.06. The van der Waals surface area contributed by atoms with Crippen LogP contribution < -0.4 is 15.5 Å². The van der Waals surface area contributed by atoms with E-state index in [0.717, 1.165) is 49.9 Å². The van der Waals surface area contributed by atoms with Crippen LogP contribution in [0.25, 0.3) is 0 Å². The van der Waals surface area contributed by atoms with Gasteiger partial charge in [-0.15, -0.1) is 0 Å². The summed E-state index contributed by atoms with van der Waals surface area (Å²) in [7, 11) is 0. The average Bonchev–Trinajstić information content (AvgIpc) is 3.10. The second-order valence-corrected chi connectivity index (χ2v) is 7.73. The monoisotopic (exact) mass is 343 g/mol. The Balaban J connectivity index is 1.21. The van der Waals surface area contributed by atoms with E-state index in [1.165, 1.54) is 32.2 Å². The molecule has 1 unspecified atom stereocenters. The number of rotatable bonds is 6. The van der Waals surface area contributed by atoms with Gasteiger partial charge in [0.25, 0.3) is 0 Å². The molecule has 6 heteroatoms. The Morgan fingerprint density at radius 3 is 2.84 bits per heavy atom. The maximum absolute atomic E-state index is 12.2. The predicted molar refractivity (Wildman–Crippen MR) is 98.6 cm³/mol. The lowest BCUT2D eigenvalue weighted by Crippen LogP contribution is -2.43. The first-order valence-corrected chi connectivity index (χ1v) is 9.73. The largest absolute Gasteiger partial charge is 0.357 e. The first-order valence-electron chi connectivity index (χ1n) is 9.73. The normalized spacial score (nSPS) is 23.8. The molecule has 6 nitrogen and oxygen atoms in total. The Kier molecular flexibility index (Phi) is 5.06. The van der Waals surface area contributed by atoms with Gasteiger partial charge in [-0.3, -0.25) is 0 Å². The molecule has 1 aromatic heterocycles. The summed E-state index contributed by atoms with van der Waals surface area (Å²) >= 11 is 0. The van der Waals surface area contributed by atoms with Gasteiger partial charge in [0.1, 0.15) is 5.82 Å². The van der Waals surface area contributed by atoms with Gasteiger partial charge in [0.15, 0.2) is 0 Å². The van der Waals surface area contributed by atoms with Crippen LogP contribution in [0.3, 0.4) is 0 Å². The second kappa shape index (κ2) is 7.60. The van der Waals surface area contributed by atoms with Crippen molar-refractivity contribution in [3.8, 4) is 0 Å². The number of nitrogens with one attached hydrogen (secondary N) is 2. The van der Waals surface area contributed by atoms with E-state index in [0.29, 0.717) is 6.54 Å². The Hall–Kier alpha value is -1.82. The molecule has 0 spiro atoms. The van der Waals surface area contributed by atoms with E-state index in [2.05, 4.69) is 31.5 Å². The van der Waals surface area contributed by atoms with Crippen molar-refractivity contribution in [2.24, 2.45) is 5.92 Å². The van der Waals surface area contributed by atoms with Gasteiger partial charge >= 0.3 is 6.03 Å². The van der Waals surface area contributed by atoms with Crippen LogP contribution in [0.5, 0.6) is 0 Å². The molecular formula is C19H29N5O. The quantitative estimate of drug-likeness (QED) is 0.829. The molecule has 0 aromatic carbocycles. The van der Waals surface area contributed by atoms with Gasteiger partial charge in [0.2, 0.25) is 0 Å². The third-order valence-electron chi connectivity index (χ3n) is 5.51. The van der Waals surface area contributed by atoms with Crippen molar-refractivity contribution >= 4 is 11.8 Å². The lowest BCUT2D eigenvalue weighted by atomic mass is 10.2. The van der Waals surface area contributed by atoms with Crippen molar-refractivity contribution in [3.05, 3.63) is 23.9 Å². The fourth-order valence-electron chi connectivity index (χ4n) is 3.89. The van der Waals surface area contributed by atoms with Gasteiger partial charge in [-0.25, -0.2) is 9.78 Å². The Labute approximate surface area is 150 Å². The second-order valence-electron chi connectivity index (χ2n) is 7.73. The van der Waals surface area contributed by atoms with Crippen molar-refractivity contribution in [2.75, 3.05) is 37.6 Å². The predicted octanol–water partition coefficient (Wildman–Crippen LogP) is 1.97. The molecular weight excluding hydrogens is 314 g/mol. The summed E-state index contributed by atoms with van der Waals surface area (Å²) in [6.07, 6.45) is 8.17. The average molecular weight is 343 g/mol. The van der Waals surface area contributed by atoms with Crippen LogP contribution in [0, 0.1) is 5.92 Å². The molecule has 0 bridgehead atoms. The van der Waals surface area contributed by atoms with E-state index in [1.807, 2.05) is 12.3 Å². The van der Waals surface area contributed by atoms with E-state index >= 15 is 0 Å². The first kappa shape index (κ1) is 16.6. The van der Waals surface area contributed by atoms with Gasteiger partial charge < -0.3 is 20.4 Å². The molecule has 2 aliphatic heterocycles. The summed E-state index contributed by atoms with van der Waals surface area (Å²) in [5.74, 6) is 1.95. The highest BCUT2D eigenvalue weighted by molar-refractivity contribution is 5.74. The molecule has 3 fully saturated rings. The first-order chi connectivity index (χ1) is 12.3. The number of amides is 2. The third-order valence-corrected chi connectivity index (χ3v) is 5.51. The Bertz CT molecular complexity index is 597. The summed E-state index contributed by atoms with van der Waals surface area (Å²) in [5.41, 5.74) is 1.11. The SMILES string of the molecule is O=C(NCc1ccnc(N2CCCC2)c1)NC1CCN(CC2CC2)C1. The van der Waals surface area contributed by atoms with Crippen LogP contribution in [0.4, 0.5) is 10.6 Å². The highest BCUT2D eigenvalue weighted by atomic mass is 16.2. The van der Waals surface area contributed by atoms with Crippen LogP contribution in [-0.2, 0) is 6.54 Å². The van der Waals surface area contributed by atoms with Crippen LogP contribution in [-0.4, -0.2) is 54.7 Å². The summed E-state index contributed by atoms with van der Waals surface area (Å²) < 4.78 is 0. The third kappa shape index (κ3) is 4.63. The molecule has 25 heavy (non-hydrogen) atoms. The standard InChI is InChI=1S/C19H29N5O/c25-19(22-17-6-10-23(14-17)13-15-3-4-15)21-12-16-5-7-20-18(11-16)24-8-1-2-9-24/h5,7,11,15,17H,1-4,6,8-10,12-14H2,(H2,21,22,25). The molecule has 1 aliphatic carbocycles.